The van der Waals surface area contributed by atoms with E-state index in [1.807, 2.05) is 6.92 Å². The molecule has 0 aliphatic carbocycles. The van der Waals surface area contributed by atoms with Crippen molar-refractivity contribution >= 4 is 17.8 Å². The third kappa shape index (κ3) is 3.65. The van der Waals surface area contributed by atoms with Crippen molar-refractivity contribution in [2.45, 2.75) is 51.2 Å². The molecule has 0 aromatic heterocycles. The van der Waals surface area contributed by atoms with Crippen LogP contribution in [0.4, 0.5) is 0 Å². The Morgan fingerprint density at radius 2 is 1.73 bits per heavy atom. The molecule has 0 bridgehead atoms. The summed E-state index contributed by atoms with van der Waals surface area (Å²) in [7, 11) is 3.24. The zero-order valence-electron chi connectivity index (χ0n) is 14.0. The number of carbonyl (C=O) groups is 3. The van der Waals surface area contributed by atoms with Gasteiger partial charge in [0.2, 0.25) is 11.4 Å². The standard InChI is InChI=1S/C15H26N2O5/c1-7-9-15(4,16-11(18)8-2)17(5,6)14(3,13(21)22)10-12(19)20/h8H,2,7,9-10H2,1,3-6H3,(H2-,16,18,19,20,21,22)/p+1. The van der Waals surface area contributed by atoms with Crippen molar-refractivity contribution in [3.05, 3.63) is 12.7 Å². The second-order valence-corrected chi connectivity index (χ2v) is 6.32. The molecule has 0 aliphatic rings. The lowest BCUT2D eigenvalue weighted by molar-refractivity contribution is -0.978. The number of carboxylic acid groups (broad SMARTS) is 2. The summed E-state index contributed by atoms with van der Waals surface area (Å²) in [5, 5.41) is 21.5. The van der Waals surface area contributed by atoms with Crippen LogP contribution in [0, 0.1) is 0 Å². The molecule has 2 atom stereocenters. The highest BCUT2D eigenvalue weighted by Gasteiger charge is 2.58. The number of rotatable bonds is 9. The van der Waals surface area contributed by atoms with E-state index in [0.29, 0.717) is 12.8 Å². The van der Waals surface area contributed by atoms with E-state index in [1.54, 1.807) is 21.0 Å². The first kappa shape index (κ1) is 20.1. The minimum Gasteiger partial charge on any atom is -0.481 e. The second kappa shape index (κ2) is 6.91. The van der Waals surface area contributed by atoms with Gasteiger partial charge in [0.1, 0.15) is 6.42 Å². The van der Waals surface area contributed by atoms with Crippen LogP contribution in [0.5, 0.6) is 0 Å². The van der Waals surface area contributed by atoms with Crippen molar-refractivity contribution in [3.8, 4) is 0 Å². The van der Waals surface area contributed by atoms with Crippen LogP contribution in [-0.2, 0) is 14.4 Å². The van der Waals surface area contributed by atoms with Gasteiger partial charge in [-0.15, -0.1) is 0 Å². The SMILES string of the molecule is C=CC(=O)NC(C)(CCC)[N+](C)(C)C(C)(CC(=O)O)C(=O)O. The summed E-state index contributed by atoms with van der Waals surface area (Å²) in [6.45, 7) is 8.42. The molecule has 0 saturated carbocycles. The van der Waals surface area contributed by atoms with E-state index in [1.165, 1.54) is 6.92 Å². The number of carboxylic acids is 2. The number of hydrogen-bond acceptors (Lipinski definition) is 3. The van der Waals surface area contributed by atoms with Crippen LogP contribution < -0.4 is 5.32 Å². The Balaban J connectivity index is 6.02. The Labute approximate surface area is 131 Å². The molecule has 22 heavy (non-hydrogen) atoms. The van der Waals surface area contributed by atoms with E-state index >= 15 is 0 Å². The van der Waals surface area contributed by atoms with Gasteiger partial charge in [-0.2, -0.15) is 0 Å². The first-order chi connectivity index (χ1) is 9.88. The van der Waals surface area contributed by atoms with Gasteiger partial charge in [0.15, 0.2) is 5.66 Å². The molecule has 2 unspecified atom stereocenters. The van der Waals surface area contributed by atoms with E-state index in [4.69, 9.17) is 5.11 Å². The largest absolute Gasteiger partial charge is 0.481 e. The highest BCUT2D eigenvalue weighted by Crippen LogP contribution is 2.36. The van der Waals surface area contributed by atoms with Crippen molar-refractivity contribution in [1.82, 2.24) is 5.32 Å². The van der Waals surface area contributed by atoms with Gasteiger partial charge in [0, 0.05) is 20.3 Å². The van der Waals surface area contributed by atoms with Crippen molar-refractivity contribution in [2.75, 3.05) is 14.1 Å². The van der Waals surface area contributed by atoms with Gasteiger partial charge in [0.05, 0.1) is 14.1 Å². The Morgan fingerprint density at radius 3 is 2.05 bits per heavy atom. The van der Waals surface area contributed by atoms with Crippen LogP contribution in [0.25, 0.3) is 0 Å². The van der Waals surface area contributed by atoms with Crippen molar-refractivity contribution in [2.24, 2.45) is 0 Å². The molecule has 0 aromatic rings. The number of hydrogen-bond donors (Lipinski definition) is 3. The van der Waals surface area contributed by atoms with Crippen LogP contribution in [0.15, 0.2) is 12.7 Å². The van der Waals surface area contributed by atoms with Gasteiger partial charge in [-0.1, -0.05) is 13.5 Å². The van der Waals surface area contributed by atoms with Gasteiger partial charge in [0.25, 0.3) is 0 Å². The average Bonchev–Trinajstić information content (AvgIpc) is 2.37. The van der Waals surface area contributed by atoms with E-state index in [2.05, 4.69) is 11.9 Å². The number of carbonyl (C=O) groups excluding carboxylic acids is 1. The molecular formula is C15H27N2O5+. The summed E-state index contributed by atoms with van der Waals surface area (Å²) in [5.74, 6) is -2.86. The molecule has 0 aliphatic heterocycles. The summed E-state index contributed by atoms with van der Waals surface area (Å²) in [4.78, 5) is 34.7. The second-order valence-electron chi connectivity index (χ2n) is 6.32. The van der Waals surface area contributed by atoms with Gasteiger partial charge >= 0.3 is 11.9 Å². The lowest BCUT2D eigenvalue weighted by Crippen LogP contribution is -2.76. The number of nitrogens with zero attached hydrogens (tertiary/aromatic N) is 1. The van der Waals surface area contributed by atoms with E-state index in [-0.39, 0.29) is 4.48 Å². The third-order valence-electron chi connectivity index (χ3n) is 4.74. The number of amides is 1. The number of nitrogens with one attached hydrogen (secondary N) is 1. The molecule has 7 nitrogen and oxygen atoms in total. The molecule has 0 heterocycles. The average molecular weight is 315 g/mol. The quantitative estimate of drug-likeness (QED) is 0.337. The molecule has 0 radical (unpaired) electrons. The third-order valence-corrected chi connectivity index (χ3v) is 4.74. The zero-order chi connectivity index (χ0) is 17.8. The van der Waals surface area contributed by atoms with E-state index < -0.39 is 35.5 Å². The van der Waals surface area contributed by atoms with Gasteiger partial charge in [-0.3, -0.25) is 14.1 Å². The normalized spacial score (nSPS) is 17.0. The molecule has 0 fully saturated rings. The van der Waals surface area contributed by atoms with Crippen LogP contribution >= 0.6 is 0 Å². The molecule has 0 saturated heterocycles. The number of quaternary nitrogens is 1. The van der Waals surface area contributed by atoms with Crippen LogP contribution in [0.2, 0.25) is 0 Å². The summed E-state index contributed by atoms with van der Waals surface area (Å²) < 4.78 is -0.213. The summed E-state index contributed by atoms with van der Waals surface area (Å²) in [6, 6.07) is 0. The highest BCUT2D eigenvalue weighted by molar-refractivity contribution is 5.87. The van der Waals surface area contributed by atoms with Crippen LogP contribution in [-0.4, -0.2) is 57.8 Å². The fourth-order valence-electron chi connectivity index (χ4n) is 2.64. The predicted octanol–water partition coefficient (Wildman–Crippen LogP) is 1.20. The Hall–Kier alpha value is -1.89. The zero-order valence-corrected chi connectivity index (χ0v) is 14.0. The topological polar surface area (TPSA) is 104 Å². The Bertz CT molecular complexity index is 475. The molecule has 1 amide bonds. The Morgan fingerprint density at radius 1 is 1.23 bits per heavy atom. The molecule has 0 aromatic carbocycles. The highest BCUT2D eigenvalue weighted by atomic mass is 16.4. The maximum atomic E-state index is 11.8. The van der Waals surface area contributed by atoms with Crippen molar-refractivity contribution in [1.29, 1.82) is 0 Å². The first-order valence-corrected chi connectivity index (χ1v) is 7.12. The lowest BCUT2D eigenvalue weighted by atomic mass is 9.87. The molecule has 7 heteroatoms. The van der Waals surface area contributed by atoms with E-state index in [0.717, 1.165) is 6.08 Å². The molecule has 0 spiro atoms. The minimum atomic E-state index is -1.61. The minimum absolute atomic E-state index is 0.213. The smallest absolute Gasteiger partial charge is 0.366 e. The maximum absolute atomic E-state index is 11.8. The summed E-state index contributed by atoms with van der Waals surface area (Å²) in [6.07, 6.45) is 1.74. The maximum Gasteiger partial charge on any atom is 0.366 e. The predicted molar refractivity (Wildman–Crippen MR) is 82.1 cm³/mol. The van der Waals surface area contributed by atoms with Gasteiger partial charge in [-0.05, 0) is 12.5 Å². The molecule has 3 N–H and O–H groups in total. The first-order valence-electron chi connectivity index (χ1n) is 7.12. The molecule has 126 valence electrons. The molecular weight excluding hydrogens is 288 g/mol. The number of likely N-dealkylation sites (N-methyl/N-ethyl adjacent to an activating group) is 1. The molecule has 0 rings (SSSR count). The number of aliphatic carboxylic acids is 2. The lowest BCUT2D eigenvalue weighted by Gasteiger charge is -2.54. The van der Waals surface area contributed by atoms with Crippen LogP contribution in [0.1, 0.15) is 40.0 Å². The van der Waals surface area contributed by atoms with Crippen molar-refractivity contribution < 1.29 is 29.1 Å². The van der Waals surface area contributed by atoms with Crippen LogP contribution in [0.3, 0.4) is 0 Å². The van der Waals surface area contributed by atoms with E-state index in [9.17, 15) is 19.5 Å². The van der Waals surface area contributed by atoms with Gasteiger partial charge in [-0.25, -0.2) is 4.79 Å². The summed E-state index contributed by atoms with van der Waals surface area (Å²) in [5.41, 5.74) is -2.56. The fourth-order valence-corrected chi connectivity index (χ4v) is 2.64. The monoisotopic (exact) mass is 315 g/mol. The summed E-state index contributed by atoms with van der Waals surface area (Å²) >= 11 is 0. The fraction of sp³-hybridized carbons (Fsp3) is 0.667. The Kier molecular flexibility index (Phi) is 6.32. The van der Waals surface area contributed by atoms with Crippen molar-refractivity contribution in [3.63, 3.8) is 0 Å². The van der Waals surface area contributed by atoms with Gasteiger partial charge < -0.3 is 15.5 Å².